The fraction of sp³-hybridized carbons (Fsp3) is 0.455. The molecule has 3 nitrogen and oxygen atoms in total. The number of rotatable bonds is 0. The molecule has 0 fully saturated rings. The fourth-order valence-corrected chi connectivity index (χ4v) is 1.36. The normalized spacial score (nSPS) is 9.79. The number of hydrogen-bond acceptors (Lipinski definition) is 3. The highest BCUT2D eigenvalue weighted by atomic mass is 16.3. The van der Waals surface area contributed by atoms with Crippen LogP contribution >= 0.6 is 0 Å². The van der Waals surface area contributed by atoms with Gasteiger partial charge in [0.2, 0.25) is 5.71 Å². The van der Waals surface area contributed by atoms with Crippen molar-refractivity contribution in [3.8, 4) is 0 Å². The molecule has 0 N–H and O–H groups in total. The first-order valence-corrected chi connectivity index (χ1v) is 4.87. The monoisotopic (exact) mass is 192 g/mol. The molecule has 2 aromatic heterocycles. The summed E-state index contributed by atoms with van der Waals surface area (Å²) < 4.78 is 5.43. The van der Waals surface area contributed by atoms with E-state index in [0.717, 1.165) is 22.4 Å². The lowest BCUT2D eigenvalue weighted by Crippen LogP contribution is -1.84. The Balaban J connectivity index is 0.000000461. The molecule has 0 saturated carbocycles. The molecule has 0 aromatic carbocycles. The zero-order valence-electron chi connectivity index (χ0n) is 9.38. The third kappa shape index (κ3) is 1.62. The molecule has 0 bridgehead atoms. The van der Waals surface area contributed by atoms with Crippen LogP contribution in [-0.4, -0.2) is 9.97 Å². The molecule has 0 radical (unpaired) electrons. The highest BCUT2D eigenvalue weighted by molar-refractivity contribution is 5.80. The van der Waals surface area contributed by atoms with Gasteiger partial charge in [-0.1, -0.05) is 13.8 Å². The molecule has 3 heteroatoms. The largest absolute Gasteiger partial charge is 0.443 e. The Morgan fingerprint density at radius 1 is 1.07 bits per heavy atom. The lowest BCUT2D eigenvalue weighted by atomic mass is 10.2. The van der Waals surface area contributed by atoms with E-state index in [-0.39, 0.29) is 0 Å². The van der Waals surface area contributed by atoms with E-state index >= 15 is 0 Å². The summed E-state index contributed by atoms with van der Waals surface area (Å²) in [6, 6.07) is 0. The molecule has 14 heavy (non-hydrogen) atoms. The van der Waals surface area contributed by atoms with Gasteiger partial charge >= 0.3 is 0 Å². The first-order valence-electron chi connectivity index (χ1n) is 4.87. The minimum Gasteiger partial charge on any atom is -0.443 e. The number of hydrogen-bond donors (Lipinski definition) is 0. The van der Waals surface area contributed by atoms with Gasteiger partial charge in [-0.05, 0) is 20.8 Å². The molecule has 0 spiro atoms. The molecular formula is C11H16N2O. The first-order chi connectivity index (χ1) is 6.70. The quantitative estimate of drug-likeness (QED) is 0.643. The third-order valence-corrected chi connectivity index (χ3v) is 2.15. The van der Waals surface area contributed by atoms with Gasteiger partial charge in [-0.2, -0.15) is 0 Å². The fourth-order valence-electron chi connectivity index (χ4n) is 1.36. The summed E-state index contributed by atoms with van der Waals surface area (Å²) in [5.74, 6) is 0.925. The van der Waals surface area contributed by atoms with Crippen molar-refractivity contribution < 1.29 is 4.42 Å². The van der Waals surface area contributed by atoms with Crippen LogP contribution in [0.4, 0.5) is 0 Å². The van der Waals surface area contributed by atoms with Crippen LogP contribution < -0.4 is 0 Å². The molecular weight excluding hydrogens is 176 g/mol. The Hall–Kier alpha value is -1.38. The standard InChI is InChI=1S/C9H10N2O.C2H6/c1-5-7(3)12-9-8(5)6(2)10-4-11-9;1-2/h4H,1-3H3;1-2H3. The zero-order chi connectivity index (χ0) is 10.7. The Morgan fingerprint density at radius 3 is 2.29 bits per heavy atom. The summed E-state index contributed by atoms with van der Waals surface area (Å²) in [7, 11) is 0. The molecule has 0 aliphatic rings. The van der Waals surface area contributed by atoms with Gasteiger partial charge in [0.15, 0.2) is 0 Å². The van der Waals surface area contributed by atoms with E-state index in [9.17, 15) is 0 Å². The highest BCUT2D eigenvalue weighted by Gasteiger charge is 2.09. The number of aryl methyl sites for hydroxylation is 3. The van der Waals surface area contributed by atoms with Gasteiger partial charge in [0.25, 0.3) is 0 Å². The molecule has 0 aliphatic heterocycles. The lowest BCUT2D eigenvalue weighted by molar-refractivity contribution is 0.563. The van der Waals surface area contributed by atoms with E-state index in [1.165, 1.54) is 6.33 Å². The SMILES string of the molecule is CC.Cc1oc2ncnc(C)c2c1C. The average molecular weight is 192 g/mol. The smallest absolute Gasteiger partial charge is 0.229 e. The Labute approximate surface area is 84.2 Å². The van der Waals surface area contributed by atoms with Crippen LogP contribution in [0.15, 0.2) is 10.7 Å². The van der Waals surface area contributed by atoms with Crippen molar-refractivity contribution in [1.29, 1.82) is 0 Å². The maximum atomic E-state index is 5.43. The second-order valence-corrected chi connectivity index (χ2v) is 2.92. The van der Waals surface area contributed by atoms with E-state index in [0.29, 0.717) is 5.71 Å². The second-order valence-electron chi connectivity index (χ2n) is 2.92. The summed E-state index contributed by atoms with van der Waals surface area (Å²) in [5, 5.41) is 1.05. The maximum Gasteiger partial charge on any atom is 0.229 e. The predicted molar refractivity (Wildman–Crippen MR) is 57.4 cm³/mol. The van der Waals surface area contributed by atoms with Crippen LogP contribution in [0.5, 0.6) is 0 Å². The van der Waals surface area contributed by atoms with Gasteiger partial charge in [0.05, 0.1) is 11.1 Å². The Morgan fingerprint density at radius 2 is 1.71 bits per heavy atom. The van der Waals surface area contributed by atoms with Crippen LogP contribution in [0.25, 0.3) is 11.1 Å². The Bertz CT molecular complexity index is 432. The van der Waals surface area contributed by atoms with Crippen LogP contribution in [0.3, 0.4) is 0 Å². The van der Waals surface area contributed by atoms with E-state index in [1.807, 2.05) is 34.6 Å². The molecule has 0 atom stereocenters. The van der Waals surface area contributed by atoms with Crippen LogP contribution in [-0.2, 0) is 0 Å². The molecule has 2 aromatic rings. The van der Waals surface area contributed by atoms with Gasteiger partial charge in [-0.25, -0.2) is 9.97 Å². The van der Waals surface area contributed by atoms with Crippen molar-refractivity contribution in [2.45, 2.75) is 34.6 Å². The number of aromatic nitrogens is 2. The molecule has 0 amide bonds. The second kappa shape index (κ2) is 4.22. The van der Waals surface area contributed by atoms with Crippen molar-refractivity contribution in [3.05, 3.63) is 23.3 Å². The molecule has 2 heterocycles. The van der Waals surface area contributed by atoms with E-state index in [1.54, 1.807) is 0 Å². The summed E-state index contributed by atoms with van der Waals surface area (Å²) in [5.41, 5.74) is 2.81. The van der Waals surface area contributed by atoms with Crippen molar-refractivity contribution in [2.24, 2.45) is 0 Å². The number of fused-ring (bicyclic) bond motifs is 1. The van der Waals surface area contributed by atoms with Gasteiger partial charge < -0.3 is 4.42 Å². The van der Waals surface area contributed by atoms with Crippen LogP contribution in [0.2, 0.25) is 0 Å². The topological polar surface area (TPSA) is 38.9 Å². The minimum atomic E-state index is 0.692. The summed E-state index contributed by atoms with van der Waals surface area (Å²) in [6.45, 7) is 9.93. The Kier molecular flexibility index (Phi) is 3.23. The molecule has 76 valence electrons. The van der Waals surface area contributed by atoms with E-state index in [4.69, 9.17) is 4.42 Å². The van der Waals surface area contributed by atoms with E-state index in [2.05, 4.69) is 9.97 Å². The third-order valence-electron chi connectivity index (χ3n) is 2.15. The van der Waals surface area contributed by atoms with E-state index < -0.39 is 0 Å². The van der Waals surface area contributed by atoms with Crippen molar-refractivity contribution in [2.75, 3.05) is 0 Å². The van der Waals surface area contributed by atoms with Crippen molar-refractivity contribution in [3.63, 3.8) is 0 Å². The summed E-state index contributed by atoms with van der Waals surface area (Å²) in [4.78, 5) is 8.16. The number of nitrogens with zero attached hydrogens (tertiary/aromatic N) is 2. The minimum absolute atomic E-state index is 0.692. The molecule has 2 rings (SSSR count). The molecule has 0 aliphatic carbocycles. The maximum absolute atomic E-state index is 5.43. The number of furan rings is 1. The summed E-state index contributed by atoms with van der Waals surface area (Å²) in [6.07, 6.45) is 1.53. The molecule has 0 saturated heterocycles. The average Bonchev–Trinajstić information content (AvgIpc) is 2.47. The van der Waals surface area contributed by atoms with Gasteiger partial charge in [0, 0.05) is 5.56 Å². The van der Waals surface area contributed by atoms with Crippen LogP contribution in [0.1, 0.15) is 30.9 Å². The predicted octanol–water partition coefficient (Wildman–Crippen LogP) is 3.17. The van der Waals surface area contributed by atoms with Crippen LogP contribution in [0, 0.1) is 20.8 Å². The molecule has 0 unspecified atom stereocenters. The highest BCUT2D eigenvalue weighted by Crippen LogP contribution is 2.23. The lowest BCUT2D eigenvalue weighted by Gasteiger charge is -1.92. The summed E-state index contributed by atoms with van der Waals surface area (Å²) >= 11 is 0. The van der Waals surface area contributed by atoms with Crippen molar-refractivity contribution in [1.82, 2.24) is 9.97 Å². The first kappa shape index (κ1) is 10.7. The van der Waals surface area contributed by atoms with Crippen molar-refractivity contribution >= 4 is 11.1 Å². The zero-order valence-corrected chi connectivity index (χ0v) is 9.38. The van der Waals surface area contributed by atoms with Gasteiger partial charge in [0.1, 0.15) is 12.1 Å². The van der Waals surface area contributed by atoms with Gasteiger partial charge in [-0.3, -0.25) is 0 Å². The van der Waals surface area contributed by atoms with Gasteiger partial charge in [-0.15, -0.1) is 0 Å².